The molecular formula is C26H35NO. The first-order chi connectivity index (χ1) is 13.7. The van der Waals surface area contributed by atoms with Gasteiger partial charge in [0.2, 0.25) is 0 Å². The van der Waals surface area contributed by atoms with Crippen molar-refractivity contribution in [3.8, 4) is 0 Å². The van der Waals surface area contributed by atoms with E-state index in [4.69, 9.17) is 9.72 Å². The van der Waals surface area contributed by atoms with Gasteiger partial charge in [0.05, 0.1) is 5.60 Å². The Morgan fingerprint density at radius 3 is 2.50 bits per heavy atom. The standard InChI is InChI=1S/C26H35NO/c1-22-11-13-23(14-12-22)9-3-2-5-15-25(24-10-4-8-19-27-24)18-20-28-26(21-25)16-6-7-17-26/h4,8,10-14,19H,2-3,5-7,9,15-18,20-21H2,1H3/t25-/m1/s1. The summed E-state index contributed by atoms with van der Waals surface area (Å²) in [5.74, 6) is 0. The van der Waals surface area contributed by atoms with E-state index in [1.807, 2.05) is 12.3 Å². The predicted octanol–water partition coefficient (Wildman–Crippen LogP) is 6.55. The molecule has 1 spiro atoms. The molecule has 0 radical (unpaired) electrons. The molecule has 0 unspecified atom stereocenters. The van der Waals surface area contributed by atoms with Gasteiger partial charge in [-0.1, -0.05) is 61.6 Å². The summed E-state index contributed by atoms with van der Waals surface area (Å²) < 4.78 is 6.37. The van der Waals surface area contributed by atoms with Crippen molar-refractivity contribution in [2.45, 2.75) is 88.6 Å². The number of benzene rings is 1. The average molecular weight is 378 g/mol. The SMILES string of the molecule is Cc1ccc(CCCCC[C@@]2(c3ccccn3)CCOC3(CCCC3)C2)cc1. The molecular weight excluding hydrogens is 342 g/mol. The van der Waals surface area contributed by atoms with E-state index in [0.717, 1.165) is 13.0 Å². The van der Waals surface area contributed by atoms with Crippen LogP contribution in [0.25, 0.3) is 0 Å². The molecule has 4 rings (SSSR count). The Morgan fingerprint density at radius 2 is 1.75 bits per heavy atom. The van der Waals surface area contributed by atoms with Gasteiger partial charge in [0.1, 0.15) is 0 Å². The molecule has 1 saturated heterocycles. The lowest BCUT2D eigenvalue weighted by Gasteiger charge is -2.46. The first-order valence-corrected chi connectivity index (χ1v) is 11.3. The van der Waals surface area contributed by atoms with Crippen molar-refractivity contribution in [3.05, 3.63) is 65.5 Å². The molecule has 2 nitrogen and oxygen atoms in total. The second-order valence-electron chi connectivity index (χ2n) is 9.21. The molecule has 1 aliphatic carbocycles. The zero-order valence-electron chi connectivity index (χ0n) is 17.5. The van der Waals surface area contributed by atoms with Crippen LogP contribution < -0.4 is 0 Å². The van der Waals surface area contributed by atoms with E-state index in [-0.39, 0.29) is 11.0 Å². The van der Waals surface area contributed by atoms with Gasteiger partial charge in [-0.2, -0.15) is 0 Å². The Labute approximate surface area is 170 Å². The third-order valence-corrected chi connectivity index (χ3v) is 7.11. The Hall–Kier alpha value is -1.67. The normalized spacial score (nSPS) is 23.9. The van der Waals surface area contributed by atoms with E-state index in [1.165, 1.54) is 81.0 Å². The van der Waals surface area contributed by atoms with Gasteiger partial charge in [0.15, 0.2) is 0 Å². The number of aromatic nitrogens is 1. The fourth-order valence-corrected chi connectivity index (χ4v) is 5.52. The van der Waals surface area contributed by atoms with Gasteiger partial charge >= 0.3 is 0 Å². The van der Waals surface area contributed by atoms with Gasteiger partial charge in [0, 0.05) is 23.9 Å². The molecule has 0 bridgehead atoms. The summed E-state index contributed by atoms with van der Waals surface area (Å²) in [7, 11) is 0. The van der Waals surface area contributed by atoms with Crippen molar-refractivity contribution >= 4 is 0 Å². The third-order valence-electron chi connectivity index (χ3n) is 7.11. The van der Waals surface area contributed by atoms with Crippen molar-refractivity contribution in [3.63, 3.8) is 0 Å². The van der Waals surface area contributed by atoms with Gasteiger partial charge < -0.3 is 4.74 Å². The highest BCUT2D eigenvalue weighted by Crippen LogP contribution is 2.50. The molecule has 0 N–H and O–H groups in total. The molecule has 150 valence electrons. The highest BCUT2D eigenvalue weighted by atomic mass is 16.5. The average Bonchev–Trinajstić information content (AvgIpc) is 3.17. The highest BCUT2D eigenvalue weighted by Gasteiger charge is 2.48. The van der Waals surface area contributed by atoms with E-state index < -0.39 is 0 Å². The van der Waals surface area contributed by atoms with E-state index >= 15 is 0 Å². The van der Waals surface area contributed by atoms with Crippen LogP contribution >= 0.6 is 0 Å². The minimum atomic E-state index is 0.137. The first kappa shape index (κ1) is 19.6. The fraction of sp³-hybridized carbons (Fsp3) is 0.577. The van der Waals surface area contributed by atoms with Crippen LogP contribution in [0.4, 0.5) is 0 Å². The lowest BCUT2D eigenvalue weighted by molar-refractivity contribution is -0.104. The van der Waals surface area contributed by atoms with Gasteiger partial charge in [-0.25, -0.2) is 0 Å². The molecule has 1 atom stereocenters. The topological polar surface area (TPSA) is 22.1 Å². The van der Waals surface area contributed by atoms with E-state index in [1.54, 1.807) is 0 Å². The lowest BCUT2D eigenvalue weighted by atomic mass is 9.67. The Bertz CT molecular complexity index is 733. The highest BCUT2D eigenvalue weighted by molar-refractivity contribution is 5.22. The molecule has 2 heteroatoms. The van der Waals surface area contributed by atoms with E-state index in [9.17, 15) is 0 Å². The summed E-state index contributed by atoms with van der Waals surface area (Å²) in [4.78, 5) is 4.83. The molecule has 1 aliphatic heterocycles. The number of hydrogen-bond acceptors (Lipinski definition) is 2. The Morgan fingerprint density at radius 1 is 0.929 bits per heavy atom. The van der Waals surface area contributed by atoms with Gasteiger partial charge in [-0.05, 0) is 69.6 Å². The summed E-state index contributed by atoms with van der Waals surface area (Å²) in [6.07, 6.45) is 15.8. The van der Waals surface area contributed by atoms with Crippen LogP contribution in [0.3, 0.4) is 0 Å². The molecule has 1 aromatic heterocycles. The van der Waals surface area contributed by atoms with Crippen LogP contribution in [0.2, 0.25) is 0 Å². The van der Waals surface area contributed by atoms with Crippen LogP contribution in [-0.4, -0.2) is 17.2 Å². The molecule has 1 saturated carbocycles. The Kier molecular flexibility index (Phi) is 6.16. The minimum Gasteiger partial charge on any atom is -0.375 e. The molecule has 1 aromatic carbocycles. The molecule has 2 heterocycles. The summed E-state index contributed by atoms with van der Waals surface area (Å²) in [5.41, 5.74) is 4.48. The summed E-state index contributed by atoms with van der Waals surface area (Å²) in [6, 6.07) is 15.5. The third kappa shape index (κ3) is 4.49. The van der Waals surface area contributed by atoms with Crippen LogP contribution in [0, 0.1) is 6.92 Å². The summed E-state index contributed by atoms with van der Waals surface area (Å²) in [5, 5.41) is 0. The largest absolute Gasteiger partial charge is 0.375 e. The Balaban J connectivity index is 1.38. The smallest absolute Gasteiger partial charge is 0.0691 e. The number of unbranched alkanes of at least 4 members (excludes halogenated alkanes) is 2. The van der Waals surface area contributed by atoms with Gasteiger partial charge in [0.25, 0.3) is 0 Å². The number of ether oxygens (including phenoxy) is 1. The second kappa shape index (κ2) is 8.78. The first-order valence-electron chi connectivity index (χ1n) is 11.3. The summed E-state index contributed by atoms with van der Waals surface area (Å²) in [6.45, 7) is 3.06. The number of aryl methyl sites for hydroxylation is 2. The zero-order chi connectivity index (χ0) is 19.3. The maximum Gasteiger partial charge on any atom is 0.0691 e. The maximum atomic E-state index is 6.37. The number of rotatable bonds is 7. The van der Waals surface area contributed by atoms with Crippen molar-refractivity contribution in [2.24, 2.45) is 0 Å². The minimum absolute atomic E-state index is 0.137. The summed E-state index contributed by atoms with van der Waals surface area (Å²) >= 11 is 0. The number of hydrogen-bond donors (Lipinski definition) is 0. The van der Waals surface area contributed by atoms with Crippen LogP contribution in [0.1, 0.15) is 81.0 Å². The number of pyridine rings is 1. The molecule has 2 fully saturated rings. The second-order valence-corrected chi connectivity index (χ2v) is 9.21. The molecule has 28 heavy (non-hydrogen) atoms. The van der Waals surface area contributed by atoms with Crippen molar-refractivity contribution in [1.29, 1.82) is 0 Å². The van der Waals surface area contributed by atoms with Crippen molar-refractivity contribution < 1.29 is 4.74 Å². The van der Waals surface area contributed by atoms with E-state index in [2.05, 4.69) is 43.3 Å². The van der Waals surface area contributed by atoms with E-state index in [0.29, 0.717) is 0 Å². The van der Waals surface area contributed by atoms with Crippen molar-refractivity contribution in [1.82, 2.24) is 4.98 Å². The van der Waals surface area contributed by atoms with Crippen LogP contribution in [0.5, 0.6) is 0 Å². The fourth-order valence-electron chi connectivity index (χ4n) is 5.52. The molecule has 2 aromatic rings. The lowest BCUT2D eigenvalue weighted by Crippen LogP contribution is -2.46. The van der Waals surface area contributed by atoms with Gasteiger partial charge in [-0.3, -0.25) is 4.98 Å². The maximum absolute atomic E-state index is 6.37. The van der Waals surface area contributed by atoms with Crippen molar-refractivity contribution in [2.75, 3.05) is 6.61 Å². The predicted molar refractivity (Wildman–Crippen MR) is 116 cm³/mol. The molecule has 2 aliphatic rings. The number of nitrogens with zero attached hydrogens (tertiary/aromatic N) is 1. The quantitative estimate of drug-likeness (QED) is 0.510. The van der Waals surface area contributed by atoms with Crippen LogP contribution in [0.15, 0.2) is 48.7 Å². The van der Waals surface area contributed by atoms with Gasteiger partial charge in [-0.15, -0.1) is 0 Å². The van der Waals surface area contributed by atoms with Crippen LogP contribution in [-0.2, 0) is 16.6 Å². The zero-order valence-corrected chi connectivity index (χ0v) is 17.5. The monoisotopic (exact) mass is 377 g/mol. The molecule has 0 amide bonds.